The Morgan fingerprint density at radius 3 is 2.87 bits per heavy atom. The summed E-state index contributed by atoms with van der Waals surface area (Å²) in [6, 6.07) is 9.11. The molecule has 8 heteroatoms. The van der Waals surface area contributed by atoms with Crippen LogP contribution in [0.3, 0.4) is 0 Å². The molecular weight excluding hydrogens is 316 g/mol. The molecule has 7 nitrogen and oxygen atoms in total. The first-order valence-corrected chi connectivity index (χ1v) is 8.94. The maximum absolute atomic E-state index is 12.3. The van der Waals surface area contributed by atoms with E-state index in [2.05, 4.69) is 15.0 Å². The van der Waals surface area contributed by atoms with Gasteiger partial charge in [0.15, 0.2) is 0 Å². The number of rotatable bonds is 5. The van der Waals surface area contributed by atoms with E-state index in [0.717, 1.165) is 18.2 Å². The lowest BCUT2D eigenvalue weighted by atomic mass is 9.80. The van der Waals surface area contributed by atoms with Crippen LogP contribution < -0.4 is 4.72 Å². The fraction of sp³-hybridized carbons (Fsp3) is 0.333. The molecule has 1 saturated carbocycles. The zero-order chi connectivity index (χ0) is 15.9. The zero-order valence-corrected chi connectivity index (χ0v) is 13.1. The lowest BCUT2D eigenvalue weighted by Crippen LogP contribution is -2.37. The van der Waals surface area contributed by atoms with Crippen molar-refractivity contribution in [2.45, 2.75) is 24.0 Å². The van der Waals surface area contributed by atoms with Crippen molar-refractivity contribution >= 4 is 21.0 Å². The summed E-state index contributed by atoms with van der Waals surface area (Å²) in [7, 11) is -3.62. The molecule has 0 radical (unpaired) electrons. The van der Waals surface area contributed by atoms with Crippen LogP contribution in [0, 0.1) is 5.92 Å². The van der Waals surface area contributed by atoms with Gasteiger partial charge in [0, 0.05) is 24.2 Å². The number of hydrogen-bond acceptors (Lipinski definition) is 5. The second-order valence-corrected chi connectivity index (χ2v) is 7.53. The van der Waals surface area contributed by atoms with Gasteiger partial charge in [-0.05, 0) is 24.8 Å². The van der Waals surface area contributed by atoms with Crippen molar-refractivity contribution in [3.63, 3.8) is 0 Å². The van der Waals surface area contributed by atoms with E-state index in [1.165, 1.54) is 0 Å². The van der Waals surface area contributed by atoms with Gasteiger partial charge in [0.1, 0.15) is 5.58 Å². The fourth-order valence-electron chi connectivity index (χ4n) is 2.88. The standard InChI is InChI=1S/C15H16N4O3S/c20-23(21,15-9-12-3-1-2-4-14(12)22-15)17-10-11-7-13(8-11)19-6-5-16-18-19/h1-6,9,11,13,17H,7-8,10H2. The summed E-state index contributed by atoms with van der Waals surface area (Å²) in [5, 5.41) is 8.50. The van der Waals surface area contributed by atoms with Gasteiger partial charge in [-0.3, -0.25) is 0 Å². The van der Waals surface area contributed by atoms with Crippen molar-refractivity contribution < 1.29 is 12.8 Å². The molecule has 0 unspecified atom stereocenters. The van der Waals surface area contributed by atoms with Crippen molar-refractivity contribution in [3.05, 3.63) is 42.7 Å². The quantitative estimate of drug-likeness (QED) is 0.771. The first-order valence-electron chi connectivity index (χ1n) is 7.46. The number of para-hydroxylation sites is 1. The molecule has 0 amide bonds. The summed E-state index contributed by atoms with van der Waals surface area (Å²) < 4.78 is 34.5. The van der Waals surface area contributed by atoms with E-state index in [1.807, 2.05) is 29.1 Å². The molecule has 0 atom stereocenters. The zero-order valence-electron chi connectivity index (χ0n) is 12.3. The first-order chi connectivity index (χ1) is 11.1. The minimum Gasteiger partial charge on any atom is -0.443 e. The van der Waals surface area contributed by atoms with Crippen LogP contribution in [0.25, 0.3) is 11.0 Å². The molecule has 0 bridgehead atoms. The maximum atomic E-state index is 12.3. The Balaban J connectivity index is 1.39. The predicted molar refractivity (Wildman–Crippen MR) is 83.2 cm³/mol. The van der Waals surface area contributed by atoms with E-state index < -0.39 is 10.0 Å². The largest absolute Gasteiger partial charge is 0.443 e. The van der Waals surface area contributed by atoms with Crippen molar-refractivity contribution in [2.24, 2.45) is 5.92 Å². The topological polar surface area (TPSA) is 90.0 Å². The molecular formula is C15H16N4O3S. The molecule has 23 heavy (non-hydrogen) atoms. The Morgan fingerprint density at radius 2 is 2.13 bits per heavy atom. The summed E-state index contributed by atoms with van der Waals surface area (Å²) in [4.78, 5) is 0. The lowest BCUT2D eigenvalue weighted by Gasteiger charge is -2.34. The van der Waals surface area contributed by atoms with Gasteiger partial charge in [-0.15, -0.1) is 5.10 Å². The van der Waals surface area contributed by atoms with Gasteiger partial charge in [-0.25, -0.2) is 17.8 Å². The summed E-state index contributed by atoms with van der Waals surface area (Å²) in [6.45, 7) is 0.407. The van der Waals surface area contributed by atoms with E-state index >= 15 is 0 Å². The minimum absolute atomic E-state index is 0.0363. The summed E-state index contributed by atoms with van der Waals surface area (Å²) >= 11 is 0. The van der Waals surface area contributed by atoms with Crippen molar-refractivity contribution in [2.75, 3.05) is 6.54 Å². The molecule has 2 heterocycles. The summed E-state index contributed by atoms with van der Waals surface area (Å²) in [5.41, 5.74) is 0.572. The monoisotopic (exact) mass is 332 g/mol. The molecule has 4 rings (SSSR count). The number of fused-ring (bicyclic) bond motifs is 1. The van der Waals surface area contributed by atoms with Gasteiger partial charge in [-0.1, -0.05) is 23.4 Å². The Kier molecular flexibility index (Phi) is 3.42. The molecule has 0 saturated heterocycles. The number of hydrogen-bond donors (Lipinski definition) is 1. The normalized spacial score (nSPS) is 21.4. The highest BCUT2D eigenvalue weighted by Gasteiger charge is 2.32. The van der Waals surface area contributed by atoms with Gasteiger partial charge in [0.2, 0.25) is 5.09 Å². The third-order valence-electron chi connectivity index (χ3n) is 4.26. The van der Waals surface area contributed by atoms with Crippen LogP contribution in [0.5, 0.6) is 0 Å². The summed E-state index contributed by atoms with van der Waals surface area (Å²) in [6.07, 6.45) is 5.27. The lowest BCUT2D eigenvalue weighted by molar-refractivity contribution is 0.183. The molecule has 1 aliphatic carbocycles. The average molecular weight is 332 g/mol. The Morgan fingerprint density at radius 1 is 1.30 bits per heavy atom. The highest BCUT2D eigenvalue weighted by atomic mass is 32.2. The maximum Gasteiger partial charge on any atom is 0.274 e. The van der Waals surface area contributed by atoms with Gasteiger partial charge < -0.3 is 4.42 Å². The minimum atomic E-state index is -3.62. The Hall–Kier alpha value is -2.19. The molecule has 1 fully saturated rings. The van der Waals surface area contributed by atoms with Gasteiger partial charge >= 0.3 is 0 Å². The Bertz CT molecular complexity index is 878. The predicted octanol–water partition coefficient (Wildman–Crippen LogP) is 1.95. The van der Waals surface area contributed by atoms with E-state index in [-0.39, 0.29) is 5.09 Å². The number of nitrogens with one attached hydrogen (secondary N) is 1. The highest BCUT2D eigenvalue weighted by Crippen LogP contribution is 2.36. The molecule has 0 spiro atoms. The third kappa shape index (κ3) is 2.75. The van der Waals surface area contributed by atoms with Gasteiger partial charge in [-0.2, -0.15) is 0 Å². The molecule has 1 N–H and O–H groups in total. The molecule has 120 valence electrons. The second-order valence-electron chi connectivity index (χ2n) is 5.83. The van der Waals surface area contributed by atoms with Gasteiger partial charge in [0.05, 0.1) is 12.2 Å². The molecule has 0 aliphatic heterocycles. The number of sulfonamides is 1. The first kappa shape index (κ1) is 14.4. The van der Waals surface area contributed by atoms with Crippen molar-refractivity contribution in [1.29, 1.82) is 0 Å². The molecule has 2 aromatic heterocycles. The van der Waals surface area contributed by atoms with Crippen LogP contribution in [0.4, 0.5) is 0 Å². The van der Waals surface area contributed by atoms with E-state index in [4.69, 9.17) is 4.42 Å². The van der Waals surface area contributed by atoms with Crippen LogP contribution in [0.1, 0.15) is 18.9 Å². The van der Waals surface area contributed by atoms with Crippen LogP contribution in [-0.2, 0) is 10.0 Å². The SMILES string of the molecule is O=S(=O)(NCC1CC(n2ccnn2)C1)c1cc2ccccc2o1. The smallest absolute Gasteiger partial charge is 0.274 e. The van der Waals surface area contributed by atoms with Crippen molar-refractivity contribution in [1.82, 2.24) is 19.7 Å². The van der Waals surface area contributed by atoms with E-state index in [9.17, 15) is 8.42 Å². The average Bonchev–Trinajstić information content (AvgIpc) is 3.15. The molecule has 3 aromatic rings. The number of nitrogens with zero attached hydrogens (tertiary/aromatic N) is 3. The van der Waals surface area contributed by atoms with E-state index in [1.54, 1.807) is 18.3 Å². The fourth-order valence-corrected chi connectivity index (χ4v) is 3.96. The van der Waals surface area contributed by atoms with Crippen LogP contribution in [-0.4, -0.2) is 30.0 Å². The molecule has 1 aromatic carbocycles. The van der Waals surface area contributed by atoms with Crippen LogP contribution in [0.2, 0.25) is 0 Å². The van der Waals surface area contributed by atoms with Gasteiger partial charge in [0.25, 0.3) is 10.0 Å². The molecule has 1 aliphatic rings. The van der Waals surface area contributed by atoms with Crippen LogP contribution in [0.15, 0.2) is 52.2 Å². The van der Waals surface area contributed by atoms with E-state index in [0.29, 0.717) is 24.1 Å². The summed E-state index contributed by atoms with van der Waals surface area (Å²) in [5.74, 6) is 0.309. The Labute approximate surface area is 133 Å². The number of aromatic nitrogens is 3. The number of furan rings is 1. The van der Waals surface area contributed by atoms with Crippen LogP contribution >= 0.6 is 0 Å². The second kappa shape index (κ2) is 5.47. The highest BCUT2D eigenvalue weighted by molar-refractivity contribution is 7.89. The van der Waals surface area contributed by atoms with Crippen molar-refractivity contribution in [3.8, 4) is 0 Å². The third-order valence-corrected chi connectivity index (χ3v) is 5.53. The number of benzene rings is 1.